The number of halogens is 1. The minimum absolute atomic E-state index is 0.0354. The van der Waals surface area contributed by atoms with Crippen LogP contribution in [0.1, 0.15) is 29.8 Å². The first-order valence-corrected chi connectivity index (χ1v) is 8.68. The second-order valence-electron chi connectivity index (χ2n) is 5.87. The number of ether oxygens (including phenoxy) is 3. The highest BCUT2D eigenvalue weighted by Gasteiger charge is 2.13. The highest BCUT2D eigenvalue weighted by atomic mass is 35.5. The zero-order valence-corrected chi connectivity index (χ0v) is 16.1. The molecule has 0 fully saturated rings. The van der Waals surface area contributed by atoms with Crippen molar-refractivity contribution in [3.63, 3.8) is 0 Å². The van der Waals surface area contributed by atoms with Crippen LogP contribution in [-0.2, 0) is 0 Å². The summed E-state index contributed by atoms with van der Waals surface area (Å²) in [6, 6.07) is 11.9. The van der Waals surface area contributed by atoms with Crippen molar-refractivity contribution in [3.05, 3.63) is 58.6 Å². The Morgan fingerprint density at radius 2 is 1.96 bits per heavy atom. The zero-order chi connectivity index (χ0) is 19.8. The van der Waals surface area contributed by atoms with Crippen LogP contribution in [0, 0.1) is 11.3 Å². The Morgan fingerprint density at radius 1 is 1.26 bits per heavy atom. The molecule has 2 rings (SSSR count). The molecule has 27 heavy (non-hydrogen) atoms. The van der Waals surface area contributed by atoms with Crippen LogP contribution < -0.4 is 14.2 Å². The zero-order valence-electron chi connectivity index (χ0n) is 15.4. The highest BCUT2D eigenvalue weighted by Crippen LogP contribution is 2.37. The van der Waals surface area contributed by atoms with Crippen molar-refractivity contribution in [2.24, 2.45) is 0 Å². The third kappa shape index (κ3) is 5.77. The van der Waals surface area contributed by atoms with E-state index in [-0.39, 0.29) is 18.5 Å². The number of hydrogen-bond acceptors (Lipinski definition) is 5. The lowest BCUT2D eigenvalue weighted by atomic mass is 10.1. The Morgan fingerprint density at radius 3 is 2.56 bits per heavy atom. The summed E-state index contributed by atoms with van der Waals surface area (Å²) in [5, 5.41) is 8.91. The van der Waals surface area contributed by atoms with Crippen LogP contribution in [0.5, 0.6) is 17.2 Å². The quantitative estimate of drug-likeness (QED) is 0.475. The molecule has 0 aliphatic carbocycles. The molecule has 0 saturated heterocycles. The lowest BCUT2D eigenvalue weighted by Crippen LogP contribution is -2.07. The molecule has 0 heterocycles. The molecule has 140 valence electrons. The fourth-order valence-corrected chi connectivity index (χ4v) is 2.55. The summed E-state index contributed by atoms with van der Waals surface area (Å²) in [6.07, 6.45) is 3.08. The number of carbonyl (C=O) groups excluding carboxylic acids is 1. The van der Waals surface area contributed by atoms with Gasteiger partial charge in [-0.1, -0.05) is 17.7 Å². The topological polar surface area (TPSA) is 68.5 Å². The van der Waals surface area contributed by atoms with Gasteiger partial charge < -0.3 is 14.2 Å². The summed E-state index contributed by atoms with van der Waals surface area (Å²) >= 11 is 6.29. The van der Waals surface area contributed by atoms with Crippen molar-refractivity contribution in [2.45, 2.75) is 20.0 Å². The minimum Gasteiger partial charge on any atom is -0.493 e. The first-order chi connectivity index (χ1) is 12.9. The van der Waals surface area contributed by atoms with Crippen molar-refractivity contribution >= 4 is 23.5 Å². The first-order valence-electron chi connectivity index (χ1n) is 8.31. The van der Waals surface area contributed by atoms with Crippen molar-refractivity contribution in [1.29, 1.82) is 5.26 Å². The van der Waals surface area contributed by atoms with Crippen molar-refractivity contribution in [1.82, 2.24) is 0 Å². The fourth-order valence-electron chi connectivity index (χ4n) is 2.29. The number of nitriles is 1. The van der Waals surface area contributed by atoms with E-state index in [1.54, 1.807) is 42.5 Å². The molecule has 0 amide bonds. The minimum atomic E-state index is -0.167. The number of allylic oxidation sites excluding steroid dienone is 1. The maximum absolute atomic E-state index is 12.3. The number of nitrogens with zero attached hydrogens (tertiary/aromatic N) is 1. The standard InChI is InChI=1S/C21H20ClNO4/c1-14(2)27-21-18(22)12-15(13-20(21)25-3)4-9-19(24)16-5-7-17(8-6-16)26-11-10-23/h4-9,12-14H,11H2,1-3H3/b9-4+. The van der Waals surface area contributed by atoms with E-state index in [2.05, 4.69) is 0 Å². The van der Waals surface area contributed by atoms with E-state index in [4.69, 9.17) is 31.1 Å². The summed E-state index contributed by atoms with van der Waals surface area (Å²) in [6.45, 7) is 3.77. The van der Waals surface area contributed by atoms with Gasteiger partial charge >= 0.3 is 0 Å². The van der Waals surface area contributed by atoms with Gasteiger partial charge in [0, 0.05) is 5.56 Å². The van der Waals surface area contributed by atoms with Gasteiger partial charge in [-0.05, 0) is 61.9 Å². The van der Waals surface area contributed by atoms with Gasteiger partial charge in [-0.25, -0.2) is 0 Å². The third-order valence-electron chi connectivity index (χ3n) is 3.47. The van der Waals surface area contributed by atoms with Gasteiger partial charge in [0.2, 0.25) is 0 Å². The summed E-state index contributed by atoms with van der Waals surface area (Å²) < 4.78 is 16.2. The van der Waals surface area contributed by atoms with Gasteiger partial charge in [0.1, 0.15) is 11.8 Å². The molecule has 2 aromatic carbocycles. The summed E-state index contributed by atoms with van der Waals surface area (Å²) in [7, 11) is 1.54. The van der Waals surface area contributed by atoms with Gasteiger partial charge in [0.05, 0.1) is 18.2 Å². The van der Waals surface area contributed by atoms with E-state index in [0.717, 1.165) is 5.56 Å². The number of ketones is 1. The normalized spacial score (nSPS) is 10.7. The van der Waals surface area contributed by atoms with Crippen molar-refractivity contribution < 1.29 is 19.0 Å². The third-order valence-corrected chi connectivity index (χ3v) is 3.76. The molecule has 0 radical (unpaired) electrons. The molecule has 0 aliphatic heterocycles. The van der Waals surface area contributed by atoms with Gasteiger partial charge in [-0.15, -0.1) is 0 Å². The van der Waals surface area contributed by atoms with Crippen LogP contribution in [0.25, 0.3) is 6.08 Å². The fraction of sp³-hybridized carbons (Fsp3) is 0.238. The van der Waals surface area contributed by atoms with Crippen LogP contribution in [0.3, 0.4) is 0 Å². The van der Waals surface area contributed by atoms with Crippen LogP contribution in [0.2, 0.25) is 5.02 Å². The molecule has 0 aromatic heterocycles. The molecule has 0 saturated carbocycles. The predicted octanol–water partition coefficient (Wildman–Crippen LogP) is 4.93. The monoisotopic (exact) mass is 385 g/mol. The smallest absolute Gasteiger partial charge is 0.185 e. The lowest BCUT2D eigenvalue weighted by Gasteiger charge is -2.15. The molecular weight excluding hydrogens is 366 g/mol. The Hall–Kier alpha value is -2.97. The maximum Gasteiger partial charge on any atom is 0.185 e. The van der Waals surface area contributed by atoms with E-state index in [1.807, 2.05) is 19.9 Å². The number of methoxy groups -OCH3 is 1. The summed E-state index contributed by atoms with van der Waals surface area (Å²) in [4.78, 5) is 12.3. The average molecular weight is 386 g/mol. The molecule has 0 unspecified atom stereocenters. The number of rotatable bonds is 8. The maximum atomic E-state index is 12.3. The average Bonchev–Trinajstić information content (AvgIpc) is 2.66. The molecule has 6 heteroatoms. The Labute approximate surface area is 163 Å². The molecule has 0 N–H and O–H groups in total. The Bertz CT molecular complexity index is 867. The van der Waals surface area contributed by atoms with E-state index < -0.39 is 0 Å². The molecule has 0 bridgehead atoms. The van der Waals surface area contributed by atoms with Crippen LogP contribution in [-0.4, -0.2) is 25.6 Å². The van der Waals surface area contributed by atoms with E-state index in [0.29, 0.717) is 27.8 Å². The number of carbonyl (C=O) groups is 1. The highest BCUT2D eigenvalue weighted by molar-refractivity contribution is 6.32. The van der Waals surface area contributed by atoms with Crippen molar-refractivity contribution in [2.75, 3.05) is 13.7 Å². The van der Waals surface area contributed by atoms with E-state index in [1.165, 1.54) is 13.2 Å². The Kier molecular flexibility index (Phi) is 7.27. The molecular formula is C21H20ClNO4. The number of benzene rings is 2. The van der Waals surface area contributed by atoms with Crippen LogP contribution in [0.15, 0.2) is 42.5 Å². The largest absolute Gasteiger partial charge is 0.493 e. The van der Waals surface area contributed by atoms with Crippen LogP contribution in [0.4, 0.5) is 0 Å². The molecule has 2 aromatic rings. The summed E-state index contributed by atoms with van der Waals surface area (Å²) in [5.74, 6) is 1.35. The molecule has 0 spiro atoms. The second kappa shape index (κ2) is 9.65. The van der Waals surface area contributed by atoms with E-state index in [9.17, 15) is 4.79 Å². The van der Waals surface area contributed by atoms with Crippen molar-refractivity contribution in [3.8, 4) is 23.3 Å². The lowest BCUT2D eigenvalue weighted by molar-refractivity contribution is 0.104. The van der Waals surface area contributed by atoms with Gasteiger partial charge in [-0.3, -0.25) is 4.79 Å². The first kappa shape index (κ1) is 20.3. The molecule has 0 atom stereocenters. The predicted molar refractivity (Wildman–Crippen MR) is 105 cm³/mol. The van der Waals surface area contributed by atoms with E-state index >= 15 is 0 Å². The van der Waals surface area contributed by atoms with Gasteiger partial charge in [-0.2, -0.15) is 5.26 Å². The molecule has 0 aliphatic rings. The summed E-state index contributed by atoms with van der Waals surface area (Å²) in [5.41, 5.74) is 1.23. The molecule has 5 nitrogen and oxygen atoms in total. The SMILES string of the molecule is COc1cc(/C=C/C(=O)c2ccc(OCC#N)cc2)cc(Cl)c1OC(C)C. The Balaban J connectivity index is 2.16. The van der Waals surface area contributed by atoms with Crippen LogP contribution >= 0.6 is 11.6 Å². The van der Waals surface area contributed by atoms with Gasteiger partial charge in [0.25, 0.3) is 0 Å². The van der Waals surface area contributed by atoms with Gasteiger partial charge in [0.15, 0.2) is 23.9 Å². The second-order valence-corrected chi connectivity index (χ2v) is 6.28. The number of hydrogen-bond donors (Lipinski definition) is 0.